The number of rotatable bonds is 3. The fourth-order valence-electron chi connectivity index (χ4n) is 3.56. The van der Waals surface area contributed by atoms with Gasteiger partial charge in [0.15, 0.2) is 0 Å². The standard InChI is InChI=1S/C18H25N3/c1-4-19-18-16-10-6-5-8-15(16)9-7-11-17(18)21-12-20-13(2)14(21)3/h5-6,8,10,12,17-19H,4,7,9,11H2,1-3H3. The number of benzene rings is 1. The highest BCUT2D eigenvalue weighted by molar-refractivity contribution is 5.32. The average Bonchev–Trinajstić information content (AvgIpc) is 2.73. The van der Waals surface area contributed by atoms with Crippen molar-refractivity contribution >= 4 is 0 Å². The molecule has 112 valence electrons. The predicted molar refractivity (Wildman–Crippen MR) is 86.5 cm³/mol. The van der Waals surface area contributed by atoms with E-state index in [4.69, 9.17) is 0 Å². The molecule has 2 aromatic rings. The fraction of sp³-hybridized carbons (Fsp3) is 0.500. The minimum atomic E-state index is 0.376. The molecule has 3 rings (SSSR count). The highest BCUT2D eigenvalue weighted by Crippen LogP contribution is 2.37. The predicted octanol–water partition coefficient (Wildman–Crippen LogP) is 3.73. The van der Waals surface area contributed by atoms with Gasteiger partial charge >= 0.3 is 0 Å². The van der Waals surface area contributed by atoms with Crippen molar-refractivity contribution in [3.8, 4) is 0 Å². The minimum Gasteiger partial charge on any atom is -0.330 e. The normalized spacial score (nSPS) is 21.9. The molecule has 0 radical (unpaired) electrons. The molecule has 0 saturated heterocycles. The van der Waals surface area contributed by atoms with Crippen LogP contribution in [0.2, 0.25) is 0 Å². The second-order valence-corrected chi connectivity index (χ2v) is 6.02. The number of likely N-dealkylation sites (N-methyl/N-ethyl adjacent to an activating group) is 1. The molecule has 2 unspecified atom stereocenters. The third-order valence-electron chi connectivity index (χ3n) is 4.79. The highest BCUT2D eigenvalue weighted by Gasteiger charge is 2.29. The van der Waals surface area contributed by atoms with E-state index in [0.717, 1.165) is 12.2 Å². The Kier molecular flexibility index (Phi) is 4.11. The van der Waals surface area contributed by atoms with Gasteiger partial charge in [-0.05, 0) is 50.8 Å². The van der Waals surface area contributed by atoms with Crippen LogP contribution in [0, 0.1) is 13.8 Å². The molecule has 0 amide bonds. The number of hydrogen-bond donors (Lipinski definition) is 1. The Morgan fingerprint density at radius 3 is 2.81 bits per heavy atom. The molecule has 3 heteroatoms. The van der Waals surface area contributed by atoms with E-state index < -0.39 is 0 Å². The van der Waals surface area contributed by atoms with Gasteiger partial charge in [0, 0.05) is 5.69 Å². The number of fused-ring (bicyclic) bond motifs is 1. The maximum Gasteiger partial charge on any atom is 0.0954 e. The van der Waals surface area contributed by atoms with E-state index in [-0.39, 0.29) is 0 Å². The average molecular weight is 283 g/mol. The van der Waals surface area contributed by atoms with Crippen molar-refractivity contribution in [3.05, 3.63) is 53.1 Å². The lowest BCUT2D eigenvalue weighted by Crippen LogP contribution is -2.30. The molecule has 1 aliphatic carbocycles. The van der Waals surface area contributed by atoms with Gasteiger partial charge in [0.25, 0.3) is 0 Å². The van der Waals surface area contributed by atoms with Crippen LogP contribution in [0.5, 0.6) is 0 Å². The Morgan fingerprint density at radius 1 is 1.29 bits per heavy atom. The molecule has 0 aliphatic heterocycles. The summed E-state index contributed by atoms with van der Waals surface area (Å²) in [5.41, 5.74) is 5.40. The van der Waals surface area contributed by atoms with Crippen LogP contribution in [0.3, 0.4) is 0 Å². The van der Waals surface area contributed by atoms with Crippen LogP contribution in [-0.2, 0) is 6.42 Å². The molecule has 1 aromatic carbocycles. The van der Waals surface area contributed by atoms with Gasteiger partial charge in [-0.3, -0.25) is 0 Å². The Hall–Kier alpha value is -1.61. The highest BCUT2D eigenvalue weighted by atomic mass is 15.1. The number of imidazole rings is 1. The Morgan fingerprint density at radius 2 is 2.10 bits per heavy atom. The number of aryl methyl sites for hydroxylation is 2. The summed E-state index contributed by atoms with van der Waals surface area (Å²) in [6, 6.07) is 9.73. The molecule has 0 saturated carbocycles. The molecule has 1 aromatic heterocycles. The summed E-state index contributed by atoms with van der Waals surface area (Å²) in [4.78, 5) is 4.51. The van der Waals surface area contributed by atoms with Crippen LogP contribution in [0.1, 0.15) is 54.4 Å². The van der Waals surface area contributed by atoms with Crippen LogP contribution in [0.25, 0.3) is 0 Å². The summed E-state index contributed by atoms with van der Waals surface area (Å²) in [6.07, 6.45) is 5.64. The largest absolute Gasteiger partial charge is 0.330 e. The van der Waals surface area contributed by atoms with Crippen molar-refractivity contribution in [2.45, 2.75) is 52.1 Å². The number of hydrogen-bond acceptors (Lipinski definition) is 2. The van der Waals surface area contributed by atoms with Gasteiger partial charge in [0.05, 0.1) is 24.1 Å². The first-order valence-corrected chi connectivity index (χ1v) is 8.03. The molecule has 1 N–H and O–H groups in total. The second kappa shape index (κ2) is 6.02. The monoisotopic (exact) mass is 283 g/mol. The van der Waals surface area contributed by atoms with E-state index in [1.807, 2.05) is 6.33 Å². The van der Waals surface area contributed by atoms with Gasteiger partial charge in [-0.1, -0.05) is 31.2 Å². The first-order valence-electron chi connectivity index (χ1n) is 8.03. The quantitative estimate of drug-likeness (QED) is 0.870. The zero-order valence-electron chi connectivity index (χ0n) is 13.3. The zero-order chi connectivity index (χ0) is 14.8. The van der Waals surface area contributed by atoms with Crippen molar-refractivity contribution in [1.82, 2.24) is 14.9 Å². The topological polar surface area (TPSA) is 29.9 Å². The summed E-state index contributed by atoms with van der Waals surface area (Å²) >= 11 is 0. The molecule has 0 bridgehead atoms. The van der Waals surface area contributed by atoms with Crippen LogP contribution in [-0.4, -0.2) is 16.1 Å². The molecule has 1 heterocycles. The molecule has 1 aliphatic rings. The van der Waals surface area contributed by atoms with Crippen molar-refractivity contribution in [2.75, 3.05) is 6.54 Å². The lowest BCUT2D eigenvalue weighted by molar-refractivity contribution is 0.339. The Balaban J connectivity index is 2.05. The third kappa shape index (κ3) is 2.62. The van der Waals surface area contributed by atoms with Crippen LogP contribution < -0.4 is 5.32 Å². The van der Waals surface area contributed by atoms with Crippen LogP contribution in [0.15, 0.2) is 30.6 Å². The summed E-state index contributed by atoms with van der Waals surface area (Å²) in [6.45, 7) is 7.46. The maximum absolute atomic E-state index is 4.51. The van der Waals surface area contributed by atoms with E-state index in [1.165, 1.54) is 36.1 Å². The Bertz CT molecular complexity index is 615. The maximum atomic E-state index is 4.51. The summed E-state index contributed by atoms with van der Waals surface area (Å²) in [5.74, 6) is 0. The zero-order valence-corrected chi connectivity index (χ0v) is 13.3. The molecule has 0 fully saturated rings. The van der Waals surface area contributed by atoms with Crippen molar-refractivity contribution in [3.63, 3.8) is 0 Å². The van der Waals surface area contributed by atoms with Crippen molar-refractivity contribution < 1.29 is 0 Å². The van der Waals surface area contributed by atoms with E-state index in [1.54, 1.807) is 0 Å². The van der Waals surface area contributed by atoms with Crippen LogP contribution >= 0.6 is 0 Å². The summed E-state index contributed by atoms with van der Waals surface area (Å²) in [5, 5.41) is 3.72. The lowest BCUT2D eigenvalue weighted by Gasteiger charge is -2.29. The van der Waals surface area contributed by atoms with Crippen molar-refractivity contribution in [1.29, 1.82) is 0 Å². The van der Waals surface area contributed by atoms with Gasteiger partial charge in [0.2, 0.25) is 0 Å². The van der Waals surface area contributed by atoms with Gasteiger partial charge in [-0.25, -0.2) is 4.98 Å². The lowest BCUT2D eigenvalue weighted by atomic mass is 9.95. The second-order valence-electron chi connectivity index (χ2n) is 6.02. The van der Waals surface area contributed by atoms with E-state index in [0.29, 0.717) is 12.1 Å². The van der Waals surface area contributed by atoms with E-state index in [2.05, 4.69) is 59.9 Å². The molecular formula is C18H25N3. The SMILES string of the molecule is CCNC1c2ccccc2CCCC1n1cnc(C)c1C. The summed E-state index contributed by atoms with van der Waals surface area (Å²) in [7, 11) is 0. The number of nitrogens with one attached hydrogen (secondary N) is 1. The number of aromatic nitrogens is 2. The van der Waals surface area contributed by atoms with Crippen LogP contribution in [0.4, 0.5) is 0 Å². The van der Waals surface area contributed by atoms with Gasteiger partial charge in [0.1, 0.15) is 0 Å². The molecule has 2 atom stereocenters. The van der Waals surface area contributed by atoms with Gasteiger partial charge in [-0.15, -0.1) is 0 Å². The van der Waals surface area contributed by atoms with Gasteiger partial charge < -0.3 is 9.88 Å². The fourth-order valence-corrected chi connectivity index (χ4v) is 3.56. The third-order valence-corrected chi connectivity index (χ3v) is 4.79. The van der Waals surface area contributed by atoms with E-state index in [9.17, 15) is 0 Å². The Labute approximate surface area is 127 Å². The van der Waals surface area contributed by atoms with Crippen molar-refractivity contribution in [2.24, 2.45) is 0 Å². The molecule has 21 heavy (non-hydrogen) atoms. The number of nitrogens with zero attached hydrogens (tertiary/aromatic N) is 2. The molecular weight excluding hydrogens is 258 g/mol. The van der Waals surface area contributed by atoms with Gasteiger partial charge in [-0.2, -0.15) is 0 Å². The minimum absolute atomic E-state index is 0.376. The first kappa shape index (κ1) is 14.3. The first-order chi connectivity index (χ1) is 10.2. The summed E-state index contributed by atoms with van der Waals surface area (Å²) < 4.78 is 2.38. The molecule has 3 nitrogen and oxygen atoms in total. The smallest absolute Gasteiger partial charge is 0.0954 e. The molecule has 0 spiro atoms. The van der Waals surface area contributed by atoms with E-state index >= 15 is 0 Å².